The molecule has 0 spiro atoms. The van der Waals surface area contributed by atoms with E-state index in [0.29, 0.717) is 30.1 Å². The summed E-state index contributed by atoms with van der Waals surface area (Å²) in [7, 11) is 0. The number of nitrogens with one attached hydrogen (secondary N) is 1. The van der Waals surface area contributed by atoms with Gasteiger partial charge in [0.25, 0.3) is 5.91 Å². The summed E-state index contributed by atoms with van der Waals surface area (Å²) in [5.74, 6) is 0.502. The molecule has 6 nitrogen and oxygen atoms in total. The molecular weight excluding hydrogens is 470 g/mol. The number of aliphatic imine (C=N–C) groups is 1. The van der Waals surface area contributed by atoms with Crippen LogP contribution in [0, 0.1) is 5.92 Å². The third kappa shape index (κ3) is 5.57. The number of likely N-dealkylation sites (tertiary alicyclic amines) is 1. The number of allylic oxidation sites excluding steroid dienone is 1. The molecule has 7 heteroatoms. The second kappa shape index (κ2) is 10.9. The number of amides is 2. The van der Waals surface area contributed by atoms with Gasteiger partial charge in [-0.15, -0.1) is 11.3 Å². The minimum absolute atomic E-state index is 0.201. The Balaban J connectivity index is 1.16. The van der Waals surface area contributed by atoms with Crippen LogP contribution in [0.5, 0.6) is 5.75 Å². The van der Waals surface area contributed by atoms with E-state index < -0.39 is 0 Å². The summed E-state index contributed by atoms with van der Waals surface area (Å²) in [5, 5.41) is 14.6. The Morgan fingerprint density at radius 1 is 1.03 bits per heavy atom. The van der Waals surface area contributed by atoms with Crippen molar-refractivity contribution in [3.63, 3.8) is 0 Å². The van der Waals surface area contributed by atoms with Gasteiger partial charge in [-0.2, -0.15) is 0 Å². The number of nitrogens with zero attached hydrogens (tertiary/aromatic N) is 2. The predicted molar refractivity (Wildman–Crippen MR) is 144 cm³/mol. The molecule has 184 valence electrons. The van der Waals surface area contributed by atoms with E-state index in [-0.39, 0.29) is 17.6 Å². The van der Waals surface area contributed by atoms with Gasteiger partial charge in [0.1, 0.15) is 11.4 Å². The second-order valence-electron chi connectivity index (χ2n) is 9.18. The molecule has 36 heavy (non-hydrogen) atoms. The smallest absolute Gasteiger partial charge is 0.273 e. The first-order valence-corrected chi connectivity index (χ1v) is 13.2. The van der Waals surface area contributed by atoms with Crippen LogP contribution in [-0.2, 0) is 16.0 Å². The molecule has 0 radical (unpaired) electrons. The largest absolute Gasteiger partial charge is 0.508 e. The molecule has 2 aromatic carbocycles. The minimum atomic E-state index is -0.225. The first kappa shape index (κ1) is 24.0. The molecule has 5 rings (SSSR count). The average molecular weight is 500 g/mol. The van der Waals surface area contributed by atoms with E-state index in [4.69, 9.17) is 4.99 Å². The van der Waals surface area contributed by atoms with Gasteiger partial charge < -0.3 is 15.3 Å². The fourth-order valence-electron chi connectivity index (χ4n) is 4.83. The number of benzene rings is 2. The SMILES string of the molecule is O=C(Nc1ccccc1-c1ccc(O)cc1)C1=CCC(C2CCN(C(=O)CCc3cccs3)CC2)=N1. The lowest BCUT2D eigenvalue weighted by atomic mass is 9.90. The van der Waals surface area contributed by atoms with Crippen LogP contribution in [0.3, 0.4) is 0 Å². The number of carbonyl (C=O) groups excluding carboxylic acids is 2. The third-order valence-electron chi connectivity index (χ3n) is 6.84. The molecule has 3 heterocycles. The molecule has 0 aliphatic carbocycles. The Kier molecular flexibility index (Phi) is 7.28. The maximum absolute atomic E-state index is 13.0. The fraction of sp³-hybridized carbons (Fsp3) is 0.276. The van der Waals surface area contributed by atoms with Crippen molar-refractivity contribution in [2.24, 2.45) is 10.9 Å². The van der Waals surface area contributed by atoms with Gasteiger partial charge in [-0.25, -0.2) is 0 Å². The molecule has 1 aromatic heterocycles. The lowest BCUT2D eigenvalue weighted by Gasteiger charge is -2.32. The van der Waals surface area contributed by atoms with Crippen LogP contribution < -0.4 is 5.32 Å². The normalized spacial score (nSPS) is 15.9. The molecule has 3 aromatic rings. The number of hydrogen-bond donors (Lipinski definition) is 2. The van der Waals surface area contributed by atoms with Crippen LogP contribution in [0.15, 0.2) is 82.8 Å². The van der Waals surface area contributed by atoms with Crippen molar-refractivity contribution in [3.05, 3.63) is 82.7 Å². The summed E-state index contributed by atoms with van der Waals surface area (Å²) >= 11 is 1.70. The molecular formula is C29H29N3O3S. The number of aryl methyl sites for hydroxylation is 1. The topological polar surface area (TPSA) is 82.0 Å². The van der Waals surface area contributed by atoms with Gasteiger partial charge in [-0.05, 0) is 60.5 Å². The van der Waals surface area contributed by atoms with Crippen LogP contribution >= 0.6 is 11.3 Å². The minimum Gasteiger partial charge on any atom is -0.508 e. The molecule has 1 saturated heterocycles. The summed E-state index contributed by atoms with van der Waals surface area (Å²) in [5.41, 5.74) is 3.97. The number of para-hydroxylation sites is 1. The number of rotatable bonds is 7. The van der Waals surface area contributed by atoms with Crippen LogP contribution in [-0.4, -0.2) is 40.6 Å². The molecule has 1 fully saturated rings. The average Bonchev–Trinajstić information content (AvgIpc) is 3.61. The van der Waals surface area contributed by atoms with Gasteiger partial charge in [0, 0.05) is 53.7 Å². The number of anilines is 1. The number of phenolic OH excluding ortho intramolecular Hbond substituents is 1. The van der Waals surface area contributed by atoms with E-state index >= 15 is 0 Å². The summed E-state index contributed by atoms with van der Waals surface area (Å²) in [6, 6.07) is 18.6. The Bertz CT molecular complexity index is 1290. The number of aromatic hydroxyl groups is 1. The van der Waals surface area contributed by atoms with Crippen LogP contribution in [0.1, 0.15) is 30.6 Å². The van der Waals surface area contributed by atoms with Crippen LogP contribution in [0.4, 0.5) is 5.69 Å². The maximum atomic E-state index is 13.0. The number of carbonyl (C=O) groups is 2. The first-order valence-electron chi connectivity index (χ1n) is 12.3. The zero-order valence-corrected chi connectivity index (χ0v) is 20.8. The van der Waals surface area contributed by atoms with Crippen molar-refractivity contribution in [2.45, 2.75) is 32.1 Å². The Morgan fingerprint density at radius 3 is 2.56 bits per heavy atom. The van der Waals surface area contributed by atoms with E-state index in [1.807, 2.05) is 58.8 Å². The lowest BCUT2D eigenvalue weighted by Crippen LogP contribution is -2.40. The second-order valence-corrected chi connectivity index (χ2v) is 10.2. The number of piperidine rings is 1. The summed E-state index contributed by atoms with van der Waals surface area (Å²) < 4.78 is 0. The standard InChI is InChI=1S/C29H29N3O3S/c33-22-9-7-20(8-10-22)24-5-1-2-6-26(24)31-29(35)27-13-12-25(30-27)21-15-17-32(18-16-21)28(34)14-11-23-4-3-19-36-23/h1-10,13,19,21,33H,11-12,14-18H2,(H,31,35). The van der Waals surface area contributed by atoms with Gasteiger partial charge in [0.05, 0.1) is 0 Å². The zero-order valence-electron chi connectivity index (χ0n) is 20.0. The van der Waals surface area contributed by atoms with Crippen molar-refractivity contribution in [1.29, 1.82) is 0 Å². The maximum Gasteiger partial charge on any atom is 0.273 e. The summed E-state index contributed by atoms with van der Waals surface area (Å²) in [4.78, 5) is 33.5. The van der Waals surface area contributed by atoms with Crippen molar-refractivity contribution in [1.82, 2.24) is 4.90 Å². The van der Waals surface area contributed by atoms with E-state index in [1.165, 1.54) is 4.88 Å². The molecule has 0 unspecified atom stereocenters. The van der Waals surface area contributed by atoms with E-state index in [0.717, 1.165) is 49.2 Å². The highest BCUT2D eigenvalue weighted by atomic mass is 32.1. The van der Waals surface area contributed by atoms with Crippen molar-refractivity contribution in [2.75, 3.05) is 18.4 Å². The van der Waals surface area contributed by atoms with E-state index in [1.54, 1.807) is 23.5 Å². The number of hydrogen-bond acceptors (Lipinski definition) is 5. The Morgan fingerprint density at radius 2 is 1.81 bits per heavy atom. The molecule has 2 amide bonds. The quantitative estimate of drug-likeness (QED) is 0.440. The summed E-state index contributed by atoms with van der Waals surface area (Å²) in [6.45, 7) is 1.49. The monoisotopic (exact) mass is 499 g/mol. The molecule has 0 saturated carbocycles. The van der Waals surface area contributed by atoms with Crippen molar-refractivity contribution >= 4 is 34.6 Å². The highest BCUT2D eigenvalue weighted by Gasteiger charge is 2.28. The van der Waals surface area contributed by atoms with Crippen LogP contribution in [0.2, 0.25) is 0 Å². The third-order valence-corrected chi connectivity index (χ3v) is 7.78. The number of phenols is 1. The van der Waals surface area contributed by atoms with E-state index in [9.17, 15) is 14.7 Å². The molecule has 0 bridgehead atoms. The lowest BCUT2D eigenvalue weighted by molar-refractivity contribution is -0.132. The van der Waals surface area contributed by atoms with Crippen molar-refractivity contribution < 1.29 is 14.7 Å². The zero-order chi connectivity index (χ0) is 24.9. The summed E-state index contributed by atoms with van der Waals surface area (Å²) in [6.07, 6.45) is 5.71. The van der Waals surface area contributed by atoms with Gasteiger partial charge in [-0.1, -0.05) is 36.4 Å². The van der Waals surface area contributed by atoms with Crippen LogP contribution in [0.25, 0.3) is 11.1 Å². The highest BCUT2D eigenvalue weighted by molar-refractivity contribution is 7.09. The molecule has 2 N–H and O–H groups in total. The molecule has 0 atom stereocenters. The first-order chi connectivity index (χ1) is 17.6. The fourth-order valence-corrected chi connectivity index (χ4v) is 5.53. The van der Waals surface area contributed by atoms with Gasteiger partial charge in [-0.3, -0.25) is 14.6 Å². The van der Waals surface area contributed by atoms with E-state index in [2.05, 4.69) is 11.4 Å². The van der Waals surface area contributed by atoms with Gasteiger partial charge in [0.15, 0.2) is 0 Å². The Hall–Kier alpha value is -3.71. The predicted octanol–water partition coefficient (Wildman–Crippen LogP) is 5.66. The highest BCUT2D eigenvalue weighted by Crippen LogP contribution is 2.30. The van der Waals surface area contributed by atoms with Gasteiger partial charge >= 0.3 is 0 Å². The van der Waals surface area contributed by atoms with Crippen molar-refractivity contribution in [3.8, 4) is 16.9 Å². The van der Waals surface area contributed by atoms with Gasteiger partial charge in [0.2, 0.25) is 5.91 Å². The molecule has 2 aliphatic heterocycles. The molecule has 2 aliphatic rings. The Labute approximate surface area is 215 Å². The number of thiophene rings is 1.